The van der Waals surface area contributed by atoms with Crippen LogP contribution in [0.25, 0.3) is 0 Å². The molecule has 0 saturated heterocycles. The third-order valence-electron chi connectivity index (χ3n) is 5.37. The molecule has 3 aromatic rings. The summed E-state index contributed by atoms with van der Waals surface area (Å²) in [4.78, 5) is 2.26. The maximum atomic E-state index is 3.36. The predicted octanol–water partition coefficient (Wildman–Crippen LogP) is 8.56. The number of allylic oxidation sites excluding steroid dienone is 5. The van der Waals surface area contributed by atoms with E-state index in [1.165, 1.54) is 28.9 Å². The van der Waals surface area contributed by atoms with Crippen LogP contribution >= 0.6 is 0 Å². The van der Waals surface area contributed by atoms with Gasteiger partial charge in [0, 0.05) is 18.4 Å². The van der Waals surface area contributed by atoms with Crippen molar-refractivity contribution in [2.24, 2.45) is 11.8 Å². The summed E-state index contributed by atoms with van der Waals surface area (Å²) >= 11 is 0. The number of anilines is 1. The largest absolute Gasteiger partial charge is 0.345 e. The van der Waals surface area contributed by atoms with Gasteiger partial charge in [0.25, 0.3) is 0 Å². The molecular formula is C32H37N. The van der Waals surface area contributed by atoms with Gasteiger partial charge >= 0.3 is 0 Å². The average Bonchev–Trinajstić information content (AvgIpc) is 3.65. The third kappa shape index (κ3) is 10.1. The van der Waals surface area contributed by atoms with Crippen molar-refractivity contribution in [3.05, 3.63) is 151 Å². The van der Waals surface area contributed by atoms with E-state index in [0.29, 0.717) is 0 Å². The van der Waals surface area contributed by atoms with E-state index in [0.717, 1.165) is 11.8 Å². The molecule has 1 nitrogen and oxygen atoms in total. The van der Waals surface area contributed by atoms with E-state index < -0.39 is 0 Å². The fraction of sp³-hybridized carbons (Fsp3) is 0.188. The molecule has 0 N–H and O–H groups in total. The van der Waals surface area contributed by atoms with Crippen molar-refractivity contribution >= 4 is 5.69 Å². The van der Waals surface area contributed by atoms with E-state index in [1.54, 1.807) is 12.2 Å². The van der Waals surface area contributed by atoms with Crippen LogP contribution in [0.2, 0.25) is 0 Å². The van der Waals surface area contributed by atoms with Gasteiger partial charge in [-0.15, -0.1) is 0 Å². The lowest BCUT2D eigenvalue weighted by Gasteiger charge is -2.22. The van der Waals surface area contributed by atoms with Gasteiger partial charge in [-0.25, -0.2) is 0 Å². The van der Waals surface area contributed by atoms with Crippen LogP contribution in [0.4, 0.5) is 5.69 Å². The lowest BCUT2D eigenvalue weighted by atomic mass is 10.1. The van der Waals surface area contributed by atoms with Crippen LogP contribution in [0, 0.1) is 25.7 Å². The van der Waals surface area contributed by atoms with Gasteiger partial charge in [-0.05, 0) is 50.3 Å². The van der Waals surface area contributed by atoms with Crippen LogP contribution in [0.1, 0.15) is 17.5 Å². The zero-order chi connectivity index (χ0) is 23.9. The minimum atomic E-state index is 0.816. The van der Waals surface area contributed by atoms with E-state index in [4.69, 9.17) is 0 Å². The lowest BCUT2D eigenvalue weighted by molar-refractivity contribution is 0.942. The van der Waals surface area contributed by atoms with Crippen LogP contribution in [-0.4, -0.2) is 7.05 Å². The molecule has 2 atom stereocenters. The molecule has 0 aromatic heterocycles. The van der Waals surface area contributed by atoms with Crippen LogP contribution in [-0.2, 0) is 0 Å². The Hall–Kier alpha value is -3.58. The summed E-state index contributed by atoms with van der Waals surface area (Å²) in [6, 6.07) is 31.0. The second-order valence-electron chi connectivity index (χ2n) is 8.19. The van der Waals surface area contributed by atoms with Gasteiger partial charge in [-0.2, -0.15) is 0 Å². The van der Waals surface area contributed by atoms with Gasteiger partial charge in [0.1, 0.15) is 0 Å². The van der Waals surface area contributed by atoms with E-state index in [-0.39, 0.29) is 0 Å². The summed E-state index contributed by atoms with van der Waals surface area (Å²) in [5.74, 6) is 1.66. The number of fused-ring (bicyclic) bond motifs is 1. The number of nitrogens with zero attached hydrogens (tertiary/aromatic N) is 1. The Balaban J connectivity index is 0.000000180. The van der Waals surface area contributed by atoms with Crippen molar-refractivity contribution in [2.75, 3.05) is 11.9 Å². The Morgan fingerprint density at radius 2 is 1.15 bits per heavy atom. The van der Waals surface area contributed by atoms with Crippen LogP contribution in [0.5, 0.6) is 0 Å². The zero-order valence-electron chi connectivity index (χ0n) is 20.3. The number of rotatable bonds is 3. The highest BCUT2D eigenvalue weighted by Crippen LogP contribution is 2.44. The summed E-state index contributed by atoms with van der Waals surface area (Å²) in [5, 5.41) is 0. The molecule has 0 aliphatic heterocycles. The number of likely N-dealkylation sites (N-methyl/N-ethyl adjacent to an activating group) is 1. The molecule has 1 fully saturated rings. The Kier molecular flexibility index (Phi) is 11.3. The maximum absolute atomic E-state index is 3.36. The number of para-hydroxylation sites is 1. The molecule has 3 aromatic carbocycles. The van der Waals surface area contributed by atoms with Crippen LogP contribution < -0.4 is 4.90 Å². The van der Waals surface area contributed by atoms with Gasteiger partial charge in [0.05, 0.1) is 0 Å². The van der Waals surface area contributed by atoms with E-state index >= 15 is 0 Å². The fourth-order valence-corrected chi connectivity index (χ4v) is 3.24. The Morgan fingerprint density at radius 3 is 1.52 bits per heavy atom. The fourth-order valence-electron chi connectivity index (χ4n) is 3.24. The second-order valence-corrected chi connectivity index (χ2v) is 8.19. The molecule has 1 saturated carbocycles. The first-order chi connectivity index (χ1) is 16.0. The second kappa shape index (κ2) is 14.5. The highest BCUT2D eigenvalue weighted by atomic mass is 15.1. The molecule has 0 bridgehead atoms. The van der Waals surface area contributed by atoms with Crippen molar-refractivity contribution in [1.29, 1.82) is 0 Å². The van der Waals surface area contributed by atoms with Crippen molar-refractivity contribution in [2.45, 2.75) is 20.3 Å². The molecule has 33 heavy (non-hydrogen) atoms. The minimum Gasteiger partial charge on any atom is -0.345 e. The Labute approximate surface area is 201 Å². The monoisotopic (exact) mass is 435 g/mol. The topological polar surface area (TPSA) is 3.24 Å². The highest BCUT2D eigenvalue weighted by Gasteiger charge is 2.35. The maximum Gasteiger partial charge on any atom is 0.0407 e. The quantitative estimate of drug-likeness (QED) is 0.372. The van der Waals surface area contributed by atoms with Gasteiger partial charge in [0.15, 0.2) is 0 Å². The molecular weight excluding hydrogens is 398 g/mol. The molecule has 170 valence electrons. The molecule has 0 spiro atoms. The molecule has 2 unspecified atom stereocenters. The van der Waals surface area contributed by atoms with Gasteiger partial charge in [-0.3, -0.25) is 0 Å². The summed E-state index contributed by atoms with van der Waals surface area (Å²) < 4.78 is 0. The molecule has 2 aliphatic carbocycles. The van der Waals surface area contributed by atoms with Crippen LogP contribution in [0.3, 0.4) is 0 Å². The Morgan fingerprint density at radius 1 is 0.697 bits per heavy atom. The molecule has 1 heteroatoms. The molecule has 0 amide bonds. The molecule has 0 radical (unpaired) electrons. The standard InChI is InChI=1S/C14H15N.2C7H8.C4H6/c1-15(13-5-3-2-4-6-13)14-8-7-11-9-12(11)10-14;2*1-7-5-3-2-4-6-7;1-3-4-2/h2-8,10-12H,9H2,1H3;2*2-6H,1H3;3-4H,1-2H2. The number of aryl methyl sites for hydroxylation is 2. The van der Waals surface area contributed by atoms with Gasteiger partial charge in [-0.1, -0.05) is 127 Å². The first-order valence-electron chi connectivity index (χ1n) is 11.5. The van der Waals surface area contributed by atoms with Crippen molar-refractivity contribution in [1.82, 2.24) is 0 Å². The average molecular weight is 436 g/mol. The highest BCUT2D eigenvalue weighted by molar-refractivity contribution is 5.54. The first-order valence-corrected chi connectivity index (χ1v) is 11.5. The molecule has 2 aliphatic rings. The third-order valence-corrected chi connectivity index (χ3v) is 5.37. The normalized spacial score (nSPS) is 16.5. The van der Waals surface area contributed by atoms with E-state index in [9.17, 15) is 0 Å². The van der Waals surface area contributed by atoms with E-state index in [1.807, 2.05) is 36.4 Å². The SMILES string of the molecule is C=CC=C.CN(C1=CC2CC2C=C1)c1ccccc1.Cc1ccccc1.Cc1ccccc1. The predicted molar refractivity (Wildman–Crippen MR) is 146 cm³/mol. The van der Waals surface area contributed by atoms with Crippen LogP contribution in [0.15, 0.2) is 140 Å². The Bertz CT molecular complexity index is 957. The zero-order valence-corrected chi connectivity index (χ0v) is 20.3. The van der Waals surface area contributed by atoms with Crippen molar-refractivity contribution < 1.29 is 0 Å². The minimum absolute atomic E-state index is 0.816. The van der Waals surface area contributed by atoms with E-state index in [2.05, 4.69) is 112 Å². The van der Waals surface area contributed by atoms with Crippen molar-refractivity contribution in [3.8, 4) is 0 Å². The number of hydrogen-bond donors (Lipinski definition) is 0. The van der Waals surface area contributed by atoms with Crippen molar-refractivity contribution in [3.63, 3.8) is 0 Å². The summed E-state index contributed by atoms with van der Waals surface area (Å²) in [7, 11) is 2.13. The smallest absolute Gasteiger partial charge is 0.0407 e. The molecule has 5 rings (SSSR count). The first kappa shape index (κ1) is 25.7. The summed E-state index contributed by atoms with van der Waals surface area (Å²) in [6.45, 7) is 10.9. The lowest BCUT2D eigenvalue weighted by Crippen LogP contribution is -2.16. The number of hydrogen-bond acceptors (Lipinski definition) is 1. The van der Waals surface area contributed by atoms with Gasteiger partial charge in [0.2, 0.25) is 0 Å². The summed E-state index contributed by atoms with van der Waals surface area (Å²) in [5.41, 5.74) is 5.23. The van der Waals surface area contributed by atoms with Gasteiger partial charge < -0.3 is 4.90 Å². The summed E-state index contributed by atoms with van der Waals surface area (Å²) in [6.07, 6.45) is 11.6. The number of benzene rings is 3. The molecule has 0 heterocycles.